The molecular formula is C16H23N7O5. The molecule has 3 heterocycles. The van der Waals surface area contributed by atoms with Crippen molar-refractivity contribution in [3.8, 4) is 0 Å². The first-order valence-corrected chi connectivity index (χ1v) is 8.62. The lowest BCUT2D eigenvalue weighted by Gasteiger charge is -2.32. The first kappa shape index (κ1) is 21.2. The molecule has 0 spiro atoms. The summed E-state index contributed by atoms with van der Waals surface area (Å²) < 4.78 is 8.74. The van der Waals surface area contributed by atoms with Crippen molar-refractivity contribution in [2.45, 2.75) is 32.9 Å². The largest absolute Gasteiger partial charge is 0.483 e. The van der Waals surface area contributed by atoms with Gasteiger partial charge in [-0.1, -0.05) is 0 Å². The number of carboxylic acid groups (broad SMARTS) is 1. The summed E-state index contributed by atoms with van der Waals surface area (Å²) in [5.74, 6) is 0.558. The first-order valence-electron chi connectivity index (χ1n) is 8.62. The molecule has 0 saturated carbocycles. The number of amides is 1. The van der Waals surface area contributed by atoms with Crippen LogP contribution < -0.4 is 5.69 Å². The number of aromatic nitrogens is 6. The van der Waals surface area contributed by atoms with Gasteiger partial charge in [-0.25, -0.2) is 9.48 Å². The van der Waals surface area contributed by atoms with Gasteiger partial charge in [0.25, 0.3) is 6.47 Å². The number of hydrogen-bond acceptors (Lipinski definition) is 8. The molecule has 1 atom stereocenters. The summed E-state index contributed by atoms with van der Waals surface area (Å²) in [5.41, 5.74) is 1.16. The minimum Gasteiger partial charge on any atom is -0.483 e. The van der Waals surface area contributed by atoms with Crippen molar-refractivity contribution in [2.75, 3.05) is 19.7 Å². The van der Waals surface area contributed by atoms with E-state index < -0.39 is 0 Å². The molecule has 12 nitrogen and oxygen atoms in total. The van der Waals surface area contributed by atoms with Crippen LogP contribution in [0.2, 0.25) is 0 Å². The van der Waals surface area contributed by atoms with Crippen molar-refractivity contribution in [2.24, 2.45) is 7.05 Å². The van der Waals surface area contributed by atoms with Crippen LogP contribution in [0.5, 0.6) is 0 Å². The second-order valence-corrected chi connectivity index (χ2v) is 6.19. The van der Waals surface area contributed by atoms with Crippen molar-refractivity contribution < 1.29 is 19.4 Å². The van der Waals surface area contributed by atoms with Gasteiger partial charge in [0, 0.05) is 37.9 Å². The molecule has 1 N–H and O–H groups in total. The van der Waals surface area contributed by atoms with Gasteiger partial charge in [-0.3, -0.25) is 14.2 Å². The summed E-state index contributed by atoms with van der Waals surface area (Å²) in [4.78, 5) is 38.5. The lowest BCUT2D eigenvalue weighted by atomic mass is 10.2. The third-order valence-electron chi connectivity index (χ3n) is 4.26. The van der Waals surface area contributed by atoms with E-state index in [1.54, 1.807) is 23.6 Å². The molecule has 1 fully saturated rings. The number of nitrogens with zero attached hydrogens (tertiary/aromatic N) is 7. The molecule has 0 aromatic carbocycles. The Hall–Kier alpha value is -3.15. The van der Waals surface area contributed by atoms with Crippen LogP contribution in [0, 0.1) is 13.8 Å². The van der Waals surface area contributed by atoms with Crippen LogP contribution in [0.15, 0.2) is 10.9 Å². The zero-order chi connectivity index (χ0) is 20.7. The highest BCUT2D eigenvalue weighted by Crippen LogP contribution is 2.19. The lowest BCUT2D eigenvalue weighted by Crippen LogP contribution is -2.43. The van der Waals surface area contributed by atoms with Gasteiger partial charge >= 0.3 is 5.69 Å². The highest BCUT2D eigenvalue weighted by atomic mass is 16.5. The Morgan fingerprint density at radius 1 is 1.43 bits per heavy atom. The molecule has 1 amide bonds. The van der Waals surface area contributed by atoms with E-state index in [1.807, 2.05) is 13.0 Å². The number of morpholine rings is 1. The number of tetrazole rings is 1. The van der Waals surface area contributed by atoms with Crippen LogP contribution in [0.25, 0.3) is 0 Å². The summed E-state index contributed by atoms with van der Waals surface area (Å²) in [5, 5.41) is 18.2. The molecule has 0 aliphatic carbocycles. The molecule has 0 bridgehead atoms. The van der Waals surface area contributed by atoms with E-state index in [9.17, 15) is 9.59 Å². The van der Waals surface area contributed by atoms with Gasteiger partial charge in [-0.05, 0) is 30.3 Å². The number of carbonyl (C=O) groups is 2. The average molecular weight is 393 g/mol. The lowest BCUT2D eigenvalue weighted by molar-refractivity contribution is -0.139. The van der Waals surface area contributed by atoms with Gasteiger partial charge in [-0.15, -0.1) is 5.10 Å². The SMILES string of the molecule is Cc1cc(C)n(CCC(=O)N2CCOC(c3nnnn3C)C2)c(=O)n1.O=CO. The van der Waals surface area contributed by atoms with Crippen LogP contribution in [0.4, 0.5) is 0 Å². The smallest absolute Gasteiger partial charge is 0.347 e. The van der Waals surface area contributed by atoms with E-state index in [-0.39, 0.29) is 30.6 Å². The fraction of sp³-hybridized carbons (Fsp3) is 0.562. The minimum absolute atomic E-state index is 0.0321. The minimum atomic E-state index is -0.344. The zero-order valence-electron chi connectivity index (χ0n) is 16.0. The predicted molar refractivity (Wildman–Crippen MR) is 95.4 cm³/mol. The van der Waals surface area contributed by atoms with Gasteiger partial charge in [0.15, 0.2) is 5.82 Å². The first-order chi connectivity index (χ1) is 13.4. The summed E-state index contributed by atoms with van der Waals surface area (Å²) in [6, 6.07) is 1.83. The molecule has 2 aromatic heterocycles. The topological polar surface area (TPSA) is 145 Å². The molecule has 1 aliphatic heterocycles. The van der Waals surface area contributed by atoms with Gasteiger partial charge in [0.05, 0.1) is 13.2 Å². The van der Waals surface area contributed by atoms with Crippen molar-refractivity contribution in [3.05, 3.63) is 33.8 Å². The van der Waals surface area contributed by atoms with E-state index >= 15 is 0 Å². The van der Waals surface area contributed by atoms with Crippen molar-refractivity contribution >= 4 is 12.4 Å². The number of aryl methyl sites for hydroxylation is 3. The third kappa shape index (κ3) is 5.19. The summed E-state index contributed by atoms with van der Waals surface area (Å²) in [7, 11) is 1.74. The molecule has 1 aliphatic rings. The third-order valence-corrected chi connectivity index (χ3v) is 4.26. The second-order valence-electron chi connectivity index (χ2n) is 6.19. The molecule has 0 radical (unpaired) electrons. The number of rotatable bonds is 4. The van der Waals surface area contributed by atoms with E-state index in [0.717, 1.165) is 5.69 Å². The maximum Gasteiger partial charge on any atom is 0.347 e. The fourth-order valence-corrected chi connectivity index (χ4v) is 2.95. The molecule has 1 saturated heterocycles. The van der Waals surface area contributed by atoms with Crippen molar-refractivity contribution in [1.29, 1.82) is 0 Å². The molecule has 3 rings (SSSR count). The maximum atomic E-state index is 12.5. The maximum absolute atomic E-state index is 12.5. The summed E-state index contributed by atoms with van der Waals surface area (Å²) in [6.45, 7) is 5.01. The van der Waals surface area contributed by atoms with Crippen LogP contribution in [-0.4, -0.2) is 71.8 Å². The van der Waals surface area contributed by atoms with E-state index in [0.29, 0.717) is 37.8 Å². The Morgan fingerprint density at radius 2 is 2.14 bits per heavy atom. The van der Waals surface area contributed by atoms with E-state index in [4.69, 9.17) is 14.6 Å². The Kier molecular flexibility index (Phi) is 7.32. The Bertz CT molecular complexity index is 879. The monoisotopic (exact) mass is 393 g/mol. The summed E-state index contributed by atoms with van der Waals surface area (Å²) >= 11 is 0. The van der Waals surface area contributed by atoms with Crippen LogP contribution in [0.3, 0.4) is 0 Å². The highest BCUT2D eigenvalue weighted by molar-refractivity contribution is 5.76. The van der Waals surface area contributed by atoms with Gasteiger partial charge < -0.3 is 14.7 Å². The van der Waals surface area contributed by atoms with Crippen LogP contribution >= 0.6 is 0 Å². The van der Waals surface area contributed by atoms with Crippen molar-refractivity contribution in [3.63, 3.8) is 0 Å². The Labute approximate surface area is 160 Å². The molecule has 1 unspecified atom stereocenters. The van der Waals surface area contributed by atoms with Gasteiger partial charge in [0.1, 0.15) is 6.10 Å². The second kappa shape index (κ2) is 9.69. The molecular weight excluding hydrogens is 370 g/mol. The Balaban J connectivity index is 0.000000878. The predicted octanol–water partition coefficient (Wildman–Crippen LogP) is -0.925. The Morgan fingerprint density at radius 3 is 2.75 bits per heavy atom. The quantitative estimate of drug-likeness (QED) is 0.651. The standard InChI is InChI=1S/C15H21N7O3.CH2O2/c1-10-8-11(2)22(15(24)16-10)5-4-13(23)21-6-7-25-12(9-21)14-17-18-19-20(14)3;2-1-3/h8,12H,4-7,9H2,1-3H3;1H,(H,2,3). The van der Waals surface area contributed by atoms with Gasteiger partial charge in [0.2, 0.25) is 5.91 Å². The van der Waals surface area contributed by atoms with Gasteiger partial charge in [-0.2, -0.15) is 4.98 Å². The highest BCUT2D eigenvalue weighted by Gasteiger charge is 2.28. The van der Waals surface area contributed by atoms with Crippen LogP contribution in [-0.2, 0) is 27.9 Å². The van der Waals surface area contributed by atoms with Crippen molar-refractivity contribution in [1.82, 2.24) is 34.7 Å². The number of carbonyl (C=O) groups excluding carboxylic acids is 1. The number of hydrogen-bond donors (Lipinski definition) is 1. The fourth-order valence-electron chi connectivity index (χ4n) is 2.95. The zero-order valence-corrected chi connectivity index (χ0v) is 16.0. The molecule has 28 heavy (non-hydrogen) atoms. The molecule has 12 heteroatoms. The number of ether oxygens (including phenoxy) is 1. The average Bonchev–Trinajstić information content (AvgIpc) is 3.07. The van der Waals surface area contributed by atoms with E-state index in [2.05, 4.69) is 20.5 Å². The molecule has 152 valence electrons. The van der Waals surface area contributed by atoms with E-state index in [1.165, 1.54) is 4.57 Å². The molecule has 2 aromatic rings. The summed E-state index contributed by atoms with van der Waals surface area (Å²) in [6.07, 6.45) is -0.113. The van der Waals surface area contributed by atoms with Crippen LogP contribution in [0.1, 0.15) is 29.7 Å². The normalized spacial score (nSPS) is 16.2.